The molecular weight excluding hydrogens is 162 g/mol. The number of hydrogen-bond acceptors (Lipinski definition) is 2. The molecule has 76 valence electrons. The summed E-state index contributed by atoms with van der Waals surface area (Å²) in [5, 5.41) is 3.56. The summed E-state index contributed by atoms with van der Waals surface area (Å²) < 4.78 is 5.94. The van der Waals surface area contributed by atoms with Gasteiger partial charge >= 0.3 is 0 Å². The van der Waals surface area contributed by atoms with Crippen molar-refractivity contribution in [3.63, 3.8) is 0 Å². The van der Waals surface area contributed by atoms with Gasteiger partial charge in [-0.3, -0.25) is 5.32 Å². The Morgan fingerprint density at radius 3 is 2.00 bits per heavy atom. The van der Waals surface area contributed by atoms with E-state index in [1.807, 2.05) is 0 Å². The molecule has 0 aromatic carbocycles. The van der Waals surface area contributed by atoms with Crippen molar-refractivity contribution in [2.75, 3.05) is 13.2 Å². The van der Waals surface area contributed by atoms with E-state index in [-0.39, 0.29) is 5.72 Å². The predicted octanol–water partition coefficient (Wildman–Crippen LogP) is 2.15. The second-order valence-corrected chi connectivity index (χ2v) is 6.32. The van der Waals surface area contributed by atoms with Crippen LogP contribution in [0.1, 0.15) is 40.5 Å². The summed E-state index contributed by atoms with van der Waals surface area (Å²) in [4.78, 5) is 0. The van der Waals surface area contributed by atoms with Crippen LogP contribution >= 0.6 is 0 Å². The van der Waals surface area contributed by atoms with Crippen LogP contribution < -0.4 is 5.32 Å². The highest BCUT2D eigenvalue weighted by atomic mass is 16.5. The summed E-state index contributed by atoms with van der Waals surface area (Å²) in [5.74, 6) is 0. The van der Waals surface area contributed by atoms with E-state index in [0.29, 0.717) is 10.8 Å². The fraction of sp³-hybridized carbons (Fsp3) is 1.00. The van der Waals surface area contributed by atoms with E-state index in [1.54, 1.807) is 0 Å². The molecule has 0 bridgehead atoms. The third kappa shape index (κ3) is 1.75. The lowest BCUT2D eigenvalue weighted by Crippen LogP contribution is -2.39. The quantitative estimate of drug-likeness (QED) is 0.621. The van der Waals surface area contributed by atoms with Crippen LogP contribution in [0.5, 0.6) is 0 Å². The summed E-state index contributed by atoms with van der Waals surface area (Å²) in [6.07, 6.45) is 2.31. The Hall–Kier alpha value is -0.0800. The molecule has 13 heavy (non-hydrogen) atoms. The van der Waals surface area contributed by atoms with Gasteiger partial charge in [-0.1, -0.05) is 27.7 Å². The predicted molar refractivity (Wildman–Crippen MR) is 53.5 cm³/mol. The van der Waals surface area contributed by atoms with E-state index in [2.05, 4.69) is 33.0 Å². The maximum absolute atomic E-state index is 5.94. The molecule has 2 heteroatoms. The van der Waals surface area contributed by atoms with Gasteiger partial charge in [0, 0.05) is 6.54 Å². The highest BCUT2D eigenvalue weighted by Gasteiger charge is 2.51. The Morgan fingerprint density at radius 2 is 1.62 bits per heavy atom. The lowest BCUT2D eigenvalue weighted by atomic mass is 9.83. The number of nitrogens with one attached hydrogen (secondary N) is 1. The van der Waals surface area contributed by atoms with E-state index < -0.39 is 0 Å². The largest absolute Gasteiger partial charge is 0.360 e. The van der Waals surface area contributed by atoms with Crippen LogP contribution in [0.2, 0.25) is 0 Å². The number of rotatable bonds is 0. The van der Waals surface area contributed by atoms with E-state index >= 15 is 0 Å². The zero-order chi connectivity index (χ0) is 9.74. The Morgan fingerprint density at radius 1 is 1.00 bits per heavy atom. The topological polar surface area (TPSA) is 21.3 Å². The summed E-state index contributed by atoms with van der Waals surface area (Å²) in [7, 11) is 0. The minimum atomic E-state index is 0.00694. The van der Waals surface area contributed by atoms with Crippen molar-refractivity contribution < 1.29 is 4.74 Å². The van der Waals surface area contributed by atoms with Gasteiger partial charge in [0.2, 0.25) is 0 Å². The molecule has 1 N–H and O–H groups in total. The number of hydrogen-bond donors (Lipinski definition) is 1. The molecule has 0 aliphatic carbocycles. The summed E-state index contributed by atoms with van der Waals surface area (Å²) in [6, 6.07) is 0. The van der Waals surface area contributed by atoms with Gasteiger partial charge < -0.3 is 4.74 Å². The summed E-state index contributed by atoms with van der Waals surface area (Å²) in [6.45, 7) is 11.2. The van der Waals surface area contributed by atoms with Crippen molar-refractivity contribution >= 4 is 0 Å². The average Bonchev–Trinajstić information content (AvgIpc) is 2.37. The first kappa shape index (κ1) is 9.47. The first-order valence-electron chi connectivity index (χ1n) is 5.22. The van der Waals surface area contributed by atoms with Gasteiger partial charge in [-0.25, -0.2) is 0 Å². The van der Waals surface area contributed by atoms with Crippen LogP contribution in [0.15, 0.2) is 0 Å². The molecule has 1 spiro atoms. The van der Waals surface area contributed by atoms with E-state index in [0.717, 1.165) is 26.0 Å². The van der Waals surface area contributed by atoms with E-state index in [4.69, 9.17) is 4.74 Å². The Kier molecular flexibility index (Phi) is 1.81. The van der Waals surface area contributed by atoms with Gasteiger partial charge in [0.15, 0.2) is 0 Å². The molecule has 0 radical (unpaired) electrons. The molecule has 0 amide bonds. The summed E-state index contributed by atoms with van der Waals surface area (Å²) in [5.41, 5.74) is 0.765. The molecule has 2 saturated heterocycles. The Balaban J connectivity index is 2.10. The maximum Gasteiger partial charge on any atom is 0.120 e. The lowest BCUT2D eigenvalue weighted by molar-refractivity contribution is -0.0162. The van der Waals surface area contributed by atoms with Gasteiger partial charge in [-0.15, -0.1) is 0 Å². The molecule has 0 aromatic rings. The van der Waals surface area contributed by atoms with Crippen molar-refractivity contribution in [3.8, 4) is 0 Å². The molecule has 0 aromatic heterocycles. The molecule has 0 saturated carbocycles. The molecule has 1 unspecified atom stereocenters. The van der Waals surface area contributed by atoms with Gasteiger partial charge in [0.1, 0.15) is 5.72 Å². The Labute approximate surface area is 81.0 Å². The molecule has 1 atom stereocenters. The van der Waals surface area contributed by atoms with Crippen molar-refractivity contribution in [1.82, 2.24) is 5.32 Å². The van der Waals surface area contributed by atoms with Crippen LogP contribution in [0.3, 0.4) is 0 Å². The van der Waals surface area contributed by atoms with Crippen LogP contribution in [0.25, 0.3) is 0 Å². The van der Waals surface area contributed by atoms with Crippen molar-refractivity contribution in [2.24, 2.45) is 10.8 Å². The lowest BCUT2D eigenvalue weighted by Gasteiger charge is -2.25. The van der Waals surface area contributed by atoms with Crippen LogP contribution in [-0.2, 0) is 4.74 Å². The molecule has 2 heterocycles. The van der Waals surface area contributed by atoms with Crippen molar-refractivity contribution in [2.45, 2.75) is 46.3 Å². The third-order valence-corrected chi connectivity index (χ3v) is 3.16. The fourth-order valence-electron chi connectivity index (χ4n) is 2.73. The van der Waals surface area contributed by atoms with Gasteiger partial charge in [-0.2, -0.15) is 0 Å². The highest BCUT2D eigenvalue weighted by molar-refractivity contribution is 5.00. The first-order valence-corrected chi connectivity index (χ1v) is 5.22. The zero-order valence-corrected chi connectivity index (χ0v) is 9.24. The van der Waals surface area contributed by atoms with Crippen molar-refractivity contribution in [1.29, 1.82) is 0 Å². The first-order chi connectivity index (χ1) is 5.83. The Bertz CT molecular complexity index is 196. The monoisotopic (exact) mass is 183 g/mol. The molecule has 2 nitrogen and oxygen atoms in total. The molecule has 2 fully saturated rings. The molecular formula is C11H21NO. The van der Waals surface area contributed by atoms with Crippen molar-refractivity contribution in [3.05, 3.63) is 0 Å². The van der Waals surface area contributed by atoms with Crippen LogP contribution in [0.4, 0.5) is 0 Å². The van der Waals surface area contributed by atoms with Gasteiger partial charge in [0.25, 0.3) is 0 Å². The normalized spacial score (nSPS) is 41.5. The molecule has 2 aliphatic heterocycles. The van der Waals surface area contributed by atoms with E-state index in [9.17, 15) is 0 Å². The summed E-state index contributed by atoms with van der Waals surface area (Å²) >= 11 is 0. The minimum absolute atomic E-state index is 0.00694. The maximum atomic E-state index is 5.94. The fourth-order valence-corrected chi connectivity index (χ4v) is 2.73. The third-order valence-electron chi connectivity index (χ3n) is 3.16. The average molecular weight is 183 g/mol. The standard InChI is InChI=1S/C11H21NO/c1-9(2)5-11(12-7-9)6-10(3,4)8-13-11/h12H,5-8H2,1-4H3. The SMILES string of the molecule is CC1(C)CNC2(C1)CC(C)(C)CO2. The molecule has 2 rings (SSSR count). The van der Waals surface area contributed by atoms with Crippen LogP contribution in [0, 0.1) is 10.8 Å². The number of ether oxygens (including phenoxy) is 1. The van der Waals surface area contributed by atoms with Crippen LogP contribution in [-0.4, -0.2) is 18.9 Å². The smallest absolute Gasteiger partial charge is 0.120 e. The second kappa shape index (κ2) is 2.48. The van der Waals surface area contributed by atoms with E-state index in [1.165, 1.54) is 0 Å². The van der Waals surface area contributed by atoms with Gasteiger partial charge in [0.05, 0.1) is 6.61 Å². The zero-order valence-electron chi connectivity index (χ0n) is 9.24. The van der Waals surface area contributed by atoms with Gasteiger partial charge in [-0.05, 0) is 23.7 Å². The highest BCUT2D eigenvalue weighted by Crippen LogP contribution is 2.46. The minimum Gasteiger partial charge on any atom is -0.360 e. The molecule has 2 aliphatic rings. The second-order valence-electron chi connectivity index (χ2n) is 6.32.